The van der Waals surface area contributed by atoms with Gasteiger partial charge in [0.15, 0.2) is 0 Å². The number of imidazole rings is 1. The van der Waals surface area contributed by atoms with Gasteiger partial charge in [0, 0.05) is 24.9 Å². The number of halogens is 1. The molecule has 90 valence electrons. The number of methoxy groups -OCH3 is 1. The lowest BCUT2D eigenvalue weighted by molar-refractivity contribution is 0.411. The molecule has 0 aliphatic heterocycles. The molecule has 0 amide bonds. The lowest BCUT2D eigenvalue weighted by Gasteiger charge is -2.11. The van der Waals surface area contributed by atoms with Crippen LogP contribution in [0.1, 0.15) is 5.82 Å². The van der Waals surface area contributed by atoms with E-state index in [0.717, 1.165) is 5.82 Å². The lowest BCUT2D eigenvalue weighted by atomic mass is 10.2. The topological polar surface area (TPSA) is 53.1 Å². The van der Waals surface area contributed by atoms with Crippen molar-refractivity contribution in [3.8, 4) is 11.4 Å². The number of hydrogen-bond acceptors (Lipinski definition) is 3. The predicted octanol–water partition coefficient (Wildman–Crippen LogP) is 1.52. The summed E-state index contributed by atoms with van der Waals surface area (Å²) in [4.78, 5) is 4.19. The number of benzene rings is 1. The van der Waals surface area contributed by atoms with Crippen molar-refractivity contribution in [3.63, 3.8) is 0 Å². The molecule has 1 aromatic carbocycles. The highest BCUT2D eigenvalue weighted by molar-refractivity contribution is 5.47. The monoisotopic (exact) mass is 235 g/mol. The second kappa shape index (κ2) is 4.97. The molecule has 4 nitrogen and oxygen atoms in total. The first-order chi connectivity index (χ1) is 8.26. The summed E-state index contributed by atoms with van der Waals surface area (Å²) in [6.07, 6.45) is 4.06. The average Bonchev–Trinajstić information content (AvgIpc) is 2.77. The molecule has 1 heterocycles. The fourth-order valence-electron chi connectivity index (χ4n) is 1.72. The Balaban J connectivity index is 2.51. The van der Waals surface area contributed by atoms with Gasteiger partial charge in [0.1, 0.15) is 17.4 Å². The number of ether oxygens (including phenoxy) is 1. The third-order valence-electron chi connectivity index (χ3n) is 2.49. The van der Waals surface area contributed by atoms with E-state index in [-0.39, 0.29) is 5.82 Å². The molecule has 2 aromatic rings. The summed E-state index contributed by atoms with van der Waals surface area (Å²) in [7, 11) is 1.55. The molecular formula is C12H14FN3O. The molecule has 0 saturated carbocycles. The van der Waals surface area contributed by atoms with Crippen molar-refractivity contribution in [2.75, 3.05) is 13.7 Å². The van der Waals surface area contributed by atoms with Crippen LogP contribution in [0.5, 0.6) is 5.75 Å². The Morgan fingerprint density at radius 1 is 1.47 bits per heavy atom. The second-order valence-electron chi connectivity index (χ2n) is 3.57. The lowest BCUT2D eigenvalue weighted by Crippen LogP contribution is -2.09. The summed E-state index contributed by atoms with van der Waals surface area (Å²) in [5, 5.41) is 0. The molecule has 0 fully saturated rings. The highest BCUT2D eigenvalue weighted by atomic mass is 19.1. The van der Waals surface area contributed by atoms with Crippen molar-refractivity contribution < 1.29 is 9.13 Å². The largest absolute Gasteiger partial charge is 0.495 e. The van der Waals surface area contributed by atoms with Gasteiger partial charge in [-0.1, -0.05) is 0 Å². The Hall–Kier alpha value is -1.88. The van der Waals surface area contributed by atoms with Crippen molar-refractivity contribution in [2.45, 2.75) is 6.42 Å². The zero-order chi connectivity index (χ0) is 12.3. The van der Waals surface area contributed by atoms with Crippen LogP contribution in [0.15, 0.2) is 30.6 Å². The van der Waals surface area contributed by atoms with E-state index in [1.165, 1.54) is 12.1 Å². The SMILES string of the molecule is COc1ccc(F)cc1-n1ccnc1CCN. The van der Waals surface area contributed by atoms with E-state index in [9.17, 15) is 4.39 Å². The van der Waals surface area contributed by atoms with Gasteiger partial charge in [0.05, 0.1) is 12.8 Å². The number of rotatable bonds is 4. The standard InChI is InChI=1S/C12H14FN3O/c1-17-11-3-2-9(13)8-10(11)16-7-6-15-12(16)4-5-14/h2-3,6-8H,4-5,14H2,1H3. The summed E-state index contributed by atoms with van der Waals surface area (Å²) < 4.78 is 20.3. The molecule has 5 heteroatoms. The van der Waals surface area contributed by atoms with Crippen LogP contribution in [0, 0.1) is 5.82 Å². The molecule has 1 aromatic heterocycles. The summed E-state index contributed by atoms with van der Waals surface area (Å²) in [5.74, 6) is 1.08. The van der Waals surface area contributed by atoms with Crippen LogP contribution in [0.2, 0.25) is 0 Å². The molecule has 0 bridgehead atoms. The molecule has 0 radical (unpaired) electrons. The average molecular weight is 235 g/mol. The number of aromatic nitrogens is 2. The van der Waals surface area contributed by atoms with E-state index in [2.05, 4.69) is 4.98 Å². The van der Waals surface area contributed by atoms with Crippen molar-refractivity contribution in [1.29, 1.82) is 0 Å². The highest BCUT2D eigenvalue weighted by Crippen LogP contribution is 2.24. The van der Waals surface area contributed by atoms with Crippen LogP contribution < -0.4 is 10.5 Å². The second-order valence-corrected chi connectivity index (χ2v) is 3.57. The van der Waals surface area contributed by atoms with E-state index < -0.39 is 0 Å². The first kappa shape index (κ1) is 11.6. The Morgan fingerprint density at radius 3 is 3.00 bits per heavy atom. The third-order valence-corrected chi connectivity index (χ3v) is 2.49. The summed E-state index contributed by atoms with van der Waals surface area (Å²) >= 11 is 0. The minimum Gasteiger partial charge on any atom is -0.495 e. The van der Waals surface area contributed by atoms with Crippen LogP contribution in [0.4, 0.5) is 4.39 Å². The Labute approximate surface area is 98.8 Å². The number of hydrogen-bond donors (Lipinski definition) is 1. The van der Waals surface area contributed by atoms with Gasteiger partial charge in [-0.3, -0.25) is 0 Å². The minimum atomic E-state index is -0.312. The molecule has 0 atom stereocenters. The van der Waals surface area contributed by atoms with Crippen molar-refractivity contribution in [3.05, 3.63) is 42.2 Å². The van der Waals surface area contributed by atoms with Gasteiger partial charge < -0.3 is 15.0 Å². The number of nitrogens with two attached hydrogens (primary N) is 1. The van der Waals surface area contributed by atoms with Gasteiger partial charge in [-0.2, -0.15) is 0 Å². The van der Waals surface area contributed by atoms with Gasteiger partial charge in [0.25, 0.3) is 0 Å². The van der Waals surface area contributed by atoms with E-state index in [0.29, 0.717) is 24.4 Å². The maximum absolute atomic E-state index is 13.3. The maximum atomic E-state index is 13.3. The normalized spacial score (nSPS) is 10.5. The smallest absolute Gasteiger partial charge is 0.143 e. The van der Waals surface area contributed by atoms with Gasteiger partial charge in [-0.05, 0) is 18.7 Å². The molecule has 17 heavy (non-hydrogen) atoms. The molecule has 0 saturated heterocycles. The molecular weight excluding hydrogens is 221 g/mol. The predicted molar refractivity (Wildman–Crippen MR) is 62.8 cm³/mol. The zero-order valence-corrected chi connectivity index (χ0v) is 9.56. The fourth-order valence-corrected chi connectivity index (χ4v) is 1.72. The number of nitrogens with zero attached hydrogens (tertiary/aromatic N) is 2. The zero-order valence-electron chi connectivity index (χ0n) is 9.56. The quantitative estimate of drug-likeness (QED) is 0.874. The Kier molecular flexibility index (Phi) is 3.39. The molecule has 2 N–H and O–H groups in total. The summed E-state index contributed by atoms with van der Waals surface area (Å²) in [5.41, 5.74) is 6.14. The summed E-state index contributed by atoms with van der Waals surface area (Å²) in [6.45, 7) is 0.495. The highest BCUT2D eigenvalue weighted by Gasteiger charge is 2.10. The Morgan fingerprint density at radius 2 is 2.29 bits per heavy atom. The molecule has 0 aliphatic carbocycles. The van der Waals surface area contributed by atoms with E-state index >= 15 is 0 Å². The van der Waals surface area contributed by atoms with Gasteiger partial charge in [-0.25, -0.2) is 9.37 Å². The molecule has 2 rings (SSSR count). The Bertz CT molecular complexity index is 510. The van der Waals surface area contributed by atoms with Crippen LogP contribution in [0.3, 0.4) is 0 Å². The van der Waals surface area contributed by atoms with Crippen molar-refractivity contribution >= 4 is 0 Å². The van der Waals surface area contributed by atoms with Gasteiger partial charge in [0.2, 0.25) is 0 Å². The first-order valence-corrected chi connectivity index (χ1v) is 5.32. The molecule has 0 aliphatic rings. The van der Waals surface area contributed by atoms with Crippen LogP contribution in [0.25, 0.3) is 5.69 Å². The molecule has 0 spiro atoms. The van der Waals surface area contributed by atoms with Crippen LogP contribution in [-0.2, 0) is 6.42 Å². The fraction of sp³-hybridized carbons (Fsp3) is 0.250. The first-order valence-electron chi connectivity index (χ1n) is 5.32. The van der Waals surface area contributed by atoms with E-state index in [1.807, 2.05) is 0 Å². The van der Waals surface area contributed by atoms with Crippen molar-refractivity contribution in [2.24, 2.45) is 5.73 Å². The maximum Gasteiger partial charge on any atom is 0.143 e. The van der Waals surface area contributed by atoms with Gasteiger partial charge in [-0.15, -0.1) is 0 Å². The summed E-state index contributed by atoms with van der Waals surface area (Å²) in [6, 6.07) is 4.37. The van der Waals surface area contributed by atoms with E-state index in [1.54, 1.807) is 30.1 Å². The minimum absolute atomic E-state index is 0.312. The molecule has 0 unspecified atom stereocenters. The third kappa shape index (κ3) is 2.29. The van der Waals surface area contributed by atoms with E-state index in [4.69, 9.17) is 10.5 Å². The van der Waals surface area contributed by atoms with Crippen LogP contribution >= 0.6 is 0 Å². The van der Waals surface area contributed by atoms with Crippen molar-refractivity contribution in [1.82, 2.24) is 9.55 Å². The van der Waals surface area contributed by atoms with Crippen LogP contribution in [-0.4, -0.2) is 23.2 Å². The van der Waals surface area contributed by atoms with Gasteiger partial charge >= 0.3 is 0 Å².